The van der Waals surface area contributed by atoms with Gasteiger partial charge in [-0.15, -0.1) is 0 Å². The summed E-state index contributed by atoms with van der Waals surface area (Å²) in [7, 11) is 0. The van der Waals surface area contributed by atoms with Gasteiger partial charge in [-0.1, -0.05) is 18.2 Å². The van der Waals surface area contributed by atoms with Crippen LogP contribution in [0.3, 0.4) is 0 Å². The van der Waals surface area contributed by atoms with Crippen LogP contribution >= 0.6 is 27.7 Å². The first-order valence-electron chi connectivity index (χ1n) is 4.75. The average molecular weight is 281 g/mol. The molecule has 2 heterocycles. The summed E-state index contributed by atoms with van der Waals surface area (Å²) in [6.07, 6.45) is 0. The Balaban J connectivity index is 2.14. The van der Waals surface area contributed by atoms with Crippen molar-refractivity contribution in [2.24, 2.45) is 0 Å². The van der Waals surface area contributed by atoms with Crippen LogP contribution in [0.15, 0.2) is 34.9 Å². The summed E-state index contributed by atoms with van der Waals surface area (Å²) in [5.41, 5.74) is 3.68. The second-order valence-electron chi connectivity index (χ2n) is 3.46. The molecule has 0 unspecified atom stereocenters. The van der Waals surface area contributed by atoms with Crippen molar-refractivity contribution in [3.63, 3.8) is 0 Å². The van der Waals surface area contributed by atoms with Gasteiger partial charge in [-0.3, -0.25) is 0 Å². The van der Waals surface area contributed by atoms with Crippen LogP contribution in [0.25, 0.3) is 5.69 Å². The summed E-state index contributed by atoms with van der Waals surface area (Å²) in [5.74, 6) is 2.11. The van der Waals surface area contributed by atoms with Gasteiger partial charge in [-0.25, -0.2) is 4.68 Å². The van der Waals surface area contributed by atoms with E-state index in [2.05, 4.69) is 33.2 Å². The second kappa shape index (κ2) is 3.68. The van der Waals surface area contributed by atoms with Crippen LogP contribution in [0, 0.1) is 0 Å². The summed E-state index contributed by atoms with van der Waals surface area (Å²) in [5, 5.41) is 4.61. The molecule has 0 bridgehead atoms. The number of benzene rings is 1. The molecule has 4 heteroatoms. The fourth-order valence-electron chi connectivity index (χ4n) is 1.72. The summed E-state index contributed by atoms with van der Waals surface area (Å²) in [4.78, 5) is 0. The Morgan fingerprint density at radius 3 is 2.73 bits per heavy atom. The fourth-order valence-corrected chi connectivity index (χ4v) is 3.59. The highest BCUT2D eigenvalue weighted by Crippen LogP contribution is 2.35. The van der Waals surface area contributed by atoms with Crippen LogP contribution in [-0.4, -0.2) is 9.78 Å². The lowest BCUT2D eigenvalue weighted by Crippen LogP contribution is -1.97. The highest BCUT2D eigenvalue weighted by molar-refractivity contribution is 9.10. The number of rotatable bonds is 1. The van der Waals surface area contributed by atoms with E-state index in [-0.39, 0.29) is 0 Å². The van der Waals surface area contributed by atoms with Crippen molar-refractivity contribution in [2.75, 3.05) is 0 Å². The van der Waals surface area contributed by atoms with E-state index in [0.29, 0.717) is 0 Å². The molecule has 0 spiro atoms. The molecule has 0 saturated carbocycles. The summed E-state index contributed by atoms with van der Waals surface area (Å²) >= 11 is 5.55. The van der Waals surface area contributed by atoms with Gasteiger partial charge < -0.3 is 0 Å². The van der Waals surface area contributed by atoms with Gasteiger partial charge in [-0.2, -0.15) is 16.9 Å². The monoisotopic (exact) mass is 280 g/mol. The Kier molecular flexibility index (Phi) is 2.33. The van der Waals surface area contributed by atoms with Gasteiger partial charge in [0.2, 0.25) is 0 Å². The standard InChI is InChI=1S/C11H9BrN2S/c12-11-9-6-15-7-10(9)13-14(11)8-4-2-1-3-5-8/h1-5H,6-7H2. The van der Waals surface area contributed by atoms with Crippen molar-refractivity contribution >= 4 is 27.7 Å². The van der Waals surface area contributed by atoms with Crippen LogP contribution < -0.4 is 0 Å². The van der Waals surface area contributed by atoms with E-state index >= 15 is 0 Å². The molecule has 76 valence electrons. The largest absolute Gasteiger partial charge is 0.226 e. The zero-order chi connectivity index (χ0) is 10.3. The number of aromatic nitrogens is 2. The molecular formula is C11H9BrN2S. The lowest BCUT2D eigenvalue weighted by molar-refractivity contribution is 0.842. The molecule has 1 aliphatic rings. The Bertz CT molecular complexity index is 493. The molecule has 1 aromatic carbocycles. The van der Waals surface area contributed by atoms with Gasteiger partial charge >= 0.3 is 0 Å². The highest BCUT2D eigenvalue weighted by atomic mass is 79.9. The fraction of sp³-hybridized carbons (Fsp3) is 0.182. The molecule has 0 amide bonds. The van der Waals surface area contributed by atoms with Crippen LogP contribution in [-0.2, 0) is 11.5 Å². The number of nitrogens with zero attached hydrogens (tertiary/aromatic N) is 2. The third-order valence-corrected chi connectivity index (χ3v) is 4.27. The van der Waals surface area contributed by atoms with Gasteiger partial charge in [-0.05, 0) is 28.1 Å². The lowest BCUT2D eigenvalue weighted by atomic mass is 10.3. The molecule has 0 aliphatic carbocycles. The quantitative estimate of drug-likeness (QED) is 0.797. The number of hydrogen-bond donors (Lipinski definition) is 0. The maximum atomic E-state index is 4.61. The van der Waals surface area contributed by atoms with Crippen molar-refractivity contribution in [1.82, 2.24) is 9.78 Å². The topological polar surface area (TPSA) is 17.8 Å². The zero-order valence-corrected chi connectivity index (χ0v) is 10.4. The molecule has 0 fully saturated rings. The third-order valence-electron chi connectivity index (χ3n) is 2.49. The van der Waals surface area contributed by atoms with Crippen molar-refractivity contribution in [3.05, 3.63) is 46.2 Å². The third kappa shape index (κ3) is 1.52. The van der Waals surface area contributed by atoms with Crippen LogP contribution in [0.2, 0.25) is 0 Å². The number of para-hydroxylation sites is 1. The Labute approximate surface area is 101 Å². The summed E-state index contributed by atoms with van der Waals surface area (Å²) in [6.45, 7) is 0. The molecule has 2 nitrogen and oxygen atoms in total. The minimum Gasteiger partial charge on any atom is -0.226 e. The minimum atomic E-state index is 1.04. The molecule has 15 heavy (non-hydrogen) atoms. The average Bonchev–Trinajstić information content (AvgIpc) is 2.83. The van der Waals surface area contributed by atoms with E-state index in [1.807, 2.05) is 34.6 Å². The van der Waals surface area contributed by atoms with Crippen LogP contribution in [0.4, 0.5) is 0 Å². The van der Waals surface area contributed by atoms with E-state index in [1.165, 1.54) is 11.3 Å². The van der Waals surface area contributed by atoms with Gasteiger partial charge in [0.25, 0.3) is 0 Å². The second-order valence-corrected chi connectivity index (χ2v) is 5.19. The Morgan fingerprint density at radius 1 is 1.20 bits per heavy atom. The van der Waals surface area contributed by atoms with Crippen molar-refractivity contribution in [2.45, 2.75) is 11.5 Å². The molecule has 2 aromatic rings. The number of fused-ring (bicyclic) bond motifs is 1. The highest BCUT2D eigenvalue weighted by Gasteiger charge is 2.21. The molecule has 1 aromatic heterocycles. The molecule has 0 radical (unpaired) electrons. The molecule has 1 aliphatic heterocycles. The van der Waals surface area contributed by atoms with Crippen molar-refractivity contribution in [3.8, 4) is 5.69 Å². The first kappa shape index (κ1) is 9.48. The summed E-state index contributed by atoms with van der Waals surface area (Å²) < 4.78 is 3.08. The summed E-state index contributed by atoms with van der Waals surface area (Å²) in [6, 6.07) is 10.2. The number of hydrogen-bond acceptors (Lipinski definition) is 2. The smallest absolute Gasteiger partial charge is 0.114 e. The predicted octanol–water partition coefficient (Wildman–Crippen LogP) is 3.38. The normalized spacial score (nSPS) is 14.2. The van der Waals surface area contributed by atoms with Gasteiger partial charge in [0, 0.05) is 17.1 Å². The maximum absolute atomic E-state index is 4.61. The molecule has 0 N–H and O–H groups in total. The van der Waals surface area contributed by atoms with E-state index < -0.39 is 0 Å². The lowest BCUT2D eigenvalue weighted by Gasteiger charge is -2.03. The first-order valence-corrected chi connectivity index (χ1v) is 6.70. The number of thioether (sulfide) groups is 1. The van der Waals surface area contributed by atoms with Crippen LogP contribution in [0.1, 0.15) is 11.3 Å². The molecular weight excluding hydrogens is 272 g/mol. The van der Waals surface area contributed by atoms with Crippen LogP contribution in [0.5, 0.6) is 0 Å². The van der Waals surface area contributed by atoms with Gasteiger partial charge in [0.1, 0.15) is 4.60 Å². The molecule has 3 rings (SSSR count). The van der Waals surface area contributed by atoms with Crippen molar-refractivity contribution in [1.29, 1.82) is 0 Å². The minimum absolute atomic E-state index is 1.04. The Morgan fingerprint density at radius 2 is 2.00 bits per heavy atom. The Hall–Kier alpha value is -0.740. The molecule has 0 saturated heterocycles. The van der Waals surface area contributed by atoms with E-state index in [1.54, 1.807) is 0 Å². The van der Waals surface area contributed by atoms with E-state index in [4.69, 9.17) is 0 Å². The SMILES string of the molecule is Brc1c2c(nn1-c1ccccc1)CSC2. The first-order chi connectivity index (χ1) is 7.36. The molecule has 0 atom stereocenters. The maximum Gasteiger partial charge on any atom is 0.114 e. The predicted molar refractivity (Wildman–Crippen MR) is 66.3 cm³/mol. The van der Waals surface area contributed by atoms with Crippen molar-refractivity contribution < 1.29 is 0 Å². The van der Waals surface area contributed by atoms with E-state index in [9.17, 15) is 0 Å². The van der Waals surface area contributed by atoms with E-state index in [0.717, 1.165) is 21.8 Å². The number of halogens is 1. The van der Waals surface area contributed by atoms with Gasteiger partial charge in [0.15, 0.2) is 0 Å². The van der Waals surface area contributed by atoms with Gasteiger partial charge in [0.05, 0.1) is 11.4 Å². The zero-order valence-electron chi connectivity index (χ0n) is 7.98.